The van der Waals surface area contributed by atoms with E-state index in [9.17, 15) is 5.11 Å². The fourth-order valence-electron chi connectivity index (χ4n) is 2.80. The van der Waals surface area contributed by atoms with Crippen molar-refractivity contribution in [2.24, 2.45) is 0 Å². The Morgan fingerprint density at radius 3 is 2.29 bits per heavy atom. The molecule has 124 valence electrons. The maximum absolute atomic E-state index is 10.1. The number of phenols is 1. The van der Waals surface area contributed by atoms with Gasteiger partial charge in [0.05, 0.1) is 32.2 Å². The van der Waals surface area contributed by atoms with Gasteiger partial charge in [-0.25, -0.2) is 0 Å². The average Bonchev–Trinajstić information content (AvgIpc) is 2.61. The second kappa shape index (κ2) is 6.28. The van der Waals surface area contributed by atoms with Gasteiger partial charge < -0.3 is 19.3 Å². The van der Waals surface area contributed by atoms with E-state index >= 15 is 0 Å². The second-order valence-electron chi connectivity index (χ2n) is 5.40. The highest BCUT2D eigenvalue weighted by molar-refractivity contribution is 6.01. The molecule has 3 aromatic rings. The van der Waals surface area contributed by atoms with Crippen LogP contribution >= 0.6 is 0 Å². The van der Waals surface area contributed by atoms with Crippen molar-refractivity contribution in [3.05, 3.63) is 42.1 Å². The quantitative estimate of drug-likeness (QED) is 0.787. The van der Waals surface area contributed by atoms with E-state index in [0.717, 1.165) is 27.6 Å². The topological polar surface area (TPSA) is 60.8 Å². The first-order valence-corrected chi connectivity index (χ1v) is 7.48. The molecule has 1 aromatic heterocycles. The van der Waals surface area contributed by atoms with Crippen LogP contribution in [-0.2, 0) is 0 Å². The molecule has 0 bridgehead atoms. The minimum absolute atomic E-state index is 0.247. The standard InChI is InChI=1S/C19H19NO4/c1-11-5-6-12(9-15(11)21)13-7-8-20-14-10-16(22-2)18(23-3)19(24-4)17(13)14/h5-10,21H,1-4H3. The summed E-state index contributed by atoms with van der Waals surface area (Å²) < 4.78 is 16.5. The molecule has 2 aromatic carbocycles. The Labute approximate surface area is 140 Å². The van der Waals surface area contributed by atoms with Gasteiger partial charge in [0, 0.05) is 12.3 Å². The summed E-state index contributed by atoms with van der Waals surface area (Å²) in [7, 11) is 4.73. The minimum Gasteiger partial charge on any atom is -0.508 e. The van der Waals surface area contributed by atoms with Crippen LogP contribution < -0.4 is 14.2 Å². The largest absolute Gasteiger partial charge is 0.508 e. The number of rotatable bonds is 4. The molecule has 0 aliphatic rings. The SMILES string of the molecule is COc1cc2nccc(-c3ccc(C)c(O)c3)c2c(OC)c1OC. The van der Waals surface area contributed by atoms with E-state index in [1.807, 2.05) is 31.2 Å². The molecule has 0 saturated heterocycles. The molecular formula is C19H19NO4. The molecule has 1 N–H and O–H groups in total. The van der Waals surface area contributed by atoms with Crippen LogP contribution in [0.15, 0.2) is 36.5 Å². The first kappa shape index (κ1) is 15.9. The highest BCUT2D eigenvalue weighted by Gasteiger charge is 2.20. The molecular weight excluding hydrogens is 306 g/mol. The Hall–Kier alpha value is -2.95. The zero-order valence-electron chi connectivity index (χ0n) is 14.1. The lowest BCUT2D eigenvalue weighted by molar-refractivity contribution is 0.327. The average molecular weight is 325 g/mol. The molecule has 3 rings (SSSR count). The summed E-state index contributed by atoms with van der Waals surface area (Å²) >= 11 is 0. The maximum atomic E-state index is 10.1. The first-order chi connectivity index (χ1) is 11.6. The molecule has 0 amide bonds. The maximum Gasteiger partial charge on any atom is 0.204 e. The van der Waals surface area contributed by atoms with Gasteiger partial charge in [0.15, 0.2) is 11.5 Å². The van der Waals surface area contributed by atoms with Crippen molar-refractivity contribution in [2.45, 2.75) is 6.92 Å². The van der Waals surface area contributed by atoms with Crippen LogP contribution in [0.3, 0.4) is 0 Å². The third-order valence-electron chi connectivity index (χ3n) is 4.05. The van der Waals surface area contributed by atoms with Gasteiger partial charge in [-0.1, -0.05) is 12.1 Å². The Bertz CT molecular complexity index is 905. The molecule has 1 heterocycles. The van der Waals surface area contributed by atoms with Gasteiger partial charge in [0.2, 0.25) is 5.75 Å². The van der Waals surface area contributed by atoms with Crippen LogP contribution in [0.4, 0.5) is 0 Å². The predicted octanol–water partition coefficient (Wildman–Crippen LogP) is 3.94. The lowest BCUT2D eigenvalue weighted by atomic mass is 9.98. The van der Waals surface area contributed by atoms with Crippen LogP contribution in [0.2, 0.25) is 0 Å². The lowest BCUT2D eigenvalue weighted by Crippen LogP contribution is -1.98. The van der Waals surface area contributed by atoms with E-state index in [1.165, 1.54) is 0 Å². The number of fused-ring (bicyclic) bond motifs is 1. The fraction of sp³-hybridized carbons (Fsp3) is 0.211. The third kappa shape index (κ3) is 2.48. The highest BCUT2D eigenvalue weighted by Crippen LogP contribution is 2.46. The molecule has 0 spiro atoms. The molecule has 0 aliphatic heterocycles. The van der Waals surface area contributed by atoms with Crippen molar-refractivity contribution in [1.82, 2.24) is 4.98 Å². The Kier molecular flexibility index (Phi) is 4.16. The zero-order valence-corrected chi connectivity index (χ0v) is 14.1. The van der Waals surface area contributed by atoms with Crippen LogP contribution in [0.1, 0.15) is 5.56 Å². The van der Waals surface area contributed by atoms with Crippen molar-refractivity contribution in [2.75, 3.05) is 21.3 Å². The van der Waals surface area contributed by atoms with Gasteiger partial charge in [-0.2, -0.15) is 0 Å². The minimum atomic E-state index is 0.247. The van der Waals surface area contributed by atoms with Crippen molar-refractivity contribution in [3.8, 4) is 34.1 Å². The van der Waals surface area contributed by atoms with Crippen molar-refractivity contribution >= 4 is 10.9 Å². The van der Waals surface area contributed by atoms with Crippen LogP contribution in [0.5, 0.6) is 23.0 Å². The van der Waals surface area contributed by atoms with Crippen LogP contribution in [-0.4, -0.2) is 31.4 Å². The second-order valence-corrected chi connectivity index (χ2v) is 5.40. The number of nitrogens with zero attached hydrogens (tertiary/aromatic N) is 1. The lowest BCUT2D eigenvalue weighted by Gasteiger charge is -2.17. The van der Waals surface area contributed by atoms with Crippen molar-refractivity contribution in [1.29, 1.82) is 0 Å². The fourth-order valence-corrected chi connectivity index (χ4v) is 2.80. The summed E-state index contributed by atoms with van der Waals surface area (Å²) in [6, 6.07) is 9.28. The first-order valence-electron chi connectivity index (χ1n) is 7.48. The number of hydrogen-bond acceptors (Lipinski definition) is 5. The monoisotopic (exact) mass is 325 g/mol. The van der Waals surface area contributed by atoms with E-state index in [-0.39, 0.29) is 5.75 Å². The van der Waals surface area contributed by atoms with Crippen LogP contribution in [0.25, 0.3) is 22.0 Å². The summed E-state index contributed by atoms with van der Waals surface area (Å²) in [6.07, 6.45) is 1.72. The molecule has 5 nitrogen and oxygen atoms in total. The number of aryl methyl sites for hydroxylation is 1. The van der Waals surface area contributed by atoms with Gasteiger partial charge in [-0.05, 0) is 35.7 Å². The number of aromatic hydroxyl groups is 1. The number of ether oxygens (including phenoxy) is 3. The molecule has 0 radical (unpaired) electrons. The summed E-state index contributed by atoms with van der Waals surface area (Å²) in [4.78, 5) is 4.42. The molecule has 0 atom stereocenters. The van der Waals surface area contributed by atoms with Gasteiger partial charge in [-0.3, -0.25) is 4.98 Å². The van der Waals surface area contributed by atoms with Gasteiger partial charge in [-0.15, -0.1) is 0 Å². The number of benzene rings is 2. The van der Waals surface area contributed by atoms with Gasteiger partial charge in [0.1, 0.15) is 5.75 Å². The highest BCUT2D eigenvalue weighted by atomic mass is 16.5. The summed E-state index contributed by atoms with van der Waals surface area (Å²) in [5.41, 5.74) is 3.31. The Morgan fingerprint density at radius 2 is 1.67 bits per heavy atom. The van der Waals surface area contributed by atoms with Gasteiger partial charge >= 0.3 is 0 Å². The molecule has 0 unspecified atom stereocenters. The number of methoxy groups -OCH3 is 3. The number of phenolic OH excluding ortho intramolecular Hbond substituents is 1. The third-order valence-corrected chi connectivity index (χ3v) is 4.05. The molecule has 24 heavy (non-hydrogen) atoms. The molecule has 5 heteroatoms. The van der Waals surface area contributed by atoms with Crippen LogP contribution in [0, 0.1) is 6.92 Å². The Morgan fingerprint density at radius 1 is 0.917 bits per heavy atom. The smallest absolute Gasteiger partial charge is 0.204 e. The van der Waals surface area contributed by atoms with Crippen molar-refractivity contribution in [3.63, 3.8) is 0 Å². The summed E-state index contributed by atoms with van der Waals surface area (Å²) in [6.45, 7) is 1.86. The number of aromatic nitrogens is 1. The van der Waals surface area contributed by atoms with Crippen molar-refractivity contribution < 1.29 is 19.3 Å². The van der Waals surface area contributed by atoms with E-state index in [0.29, 0.717) is 17.2 Å². The van der Waals surface area contributed by atoms with E-state index < -0.39 is 0 Å². The molecule has 0 aliphatic carbocycles. The van der Waals surface area contributed by atoms with E-state index in [2.05, 4.69) is 4.98 Å². The normalized spacial score (nSPS) is 10.7. The van der Waals surface area contributed by atoms with Gasteiger partial charge in [0.25, 0.3) is 0 Å². The molecule has 0 saturated carbocycles. The van der Waals surface area contributed by atoms with E-state index in [4.69, 9.17) is 14.2 Å². The zero-order chi connectivity index (χ0) is 17.3. The van der Waals surface area contributed by atoms with E-state index in [1.54, 1.807) is 33.6 Å². The summed E-state index contributed by atoms with van der Waals surface area (Å²) in [5, 5.41) is 10.9. The number of hydrogen-bond donors (Lipinski definition) is 1. The summed E-state index contributed by atoms with van der Waals surface area (Å²) in [5.74, 6) is 1.86. The predicted molar refractivity (Wildman–Crippen MR) is 93.2 cm³/mol. The number of pyridine rings is 1. The Balaban J connectivity index is 2.39. The molecule has 0 fully saturated rings.